The molecule has 0 amide bonds. The molecule has 0 atom stereocenters. The fourth-order valence-electron chi connectivity index (χ4n) is 4.28. The molecule has 1 aromatic heterocycles. The molecule has 3 heterocycles. The minimum absolute atomic E-state index is 0.233. The van der Waals surface area contributed by atoms with Gasteiger partial charge in [-0.15, -0.1) is 0 Å². The van der Waals surface area contributed by atoms with Gasteiger partial charge in [0, 0.05) is 38.1 Å². The lowest BCUT2D eigenvalue weighted by molar-refractivity contribution is 0.0695. The molecule has 2 N–H and O–H groups in total. The Bertz CT molecular complexity index is 1330. The van der Waals surface area contributed by atoms with Crippen LogP contribution in [-0.2, 0) is 0 Å². The zero-order valence-electron chi connectivity index (χ0n) is 16.1. The van der Waals surface area contributed by atoms with E-state index in [1.165, 1.54) is 12.1 Å². The molecular weight excluding hydrogens is 411 g/mol. The molecule has 0 bridgehead atoms. The molecule has 2 aliphatic rings. The van der Waals surface area contributed by atoms with E-state index in [0.29, 0.717) is 26.2 Å². The van der Waals surface area contributed by atoms with Gasteiger partial charge in [-0.25, -0.2) is 18.0 Å². The highest BCUT2D eigenvalue weighted by Gasteiger charge is 2.31. The van der Waals surface area contributed by atoms with Gasteiger partial charge in [0.15, 0.2) is 5.82 Å². The number of pyridine rings is 1. The van der Waals surface area contributed by atoms with Crippen molar-refractivity contribution in [2.45, 2.75) is 0 Å². The maximum atomic E-state index is 15.8. The molecule has 0 fully saturated rings. The zero-order chi connectivity index (χ0) is 21.9. The third kappa shape index (κ3) is 3.00. The lowest BCUT2D eigenvalue weighted by atomic mass is 10.1. The molecule has 6 nitrogen and oxygen atoms in total. The van der Waals surface area contributed by atoms with E-state index in [0.717, 1.165) is 40.1 Å². The molecular formula is C22H16F3N3O3. The van der Waals surface area contributed by atoms with Crippen LogP contribution in [0.3, 0.4) is 0 Å². The van der Waals surface area contributed by atoms with E-state index < -0.39 is 39.8 Å². The molecule has 0 aliphatic carbocycles. The summed E-state index contributed by atoms with van der Waals surface area (Å²) < 4.78 is 45.4. The highest BCUT2D eigenvalue weighted by Crippen LogP contribution is 2.35. The Hall–Kier alpha value is -3.59. The third-order valence-corrected chi connectivity index (χ3v) is 5.75. The predicted molar refractivity (Wildman–Crippen MR) is 108 cm³/mol. The van der Waals surface area contributed by atoms with Crippen molar-refractivity contribution in [3.05, 3.63) is 80.9 Å². The number of hydrogen-bond acceptors (Lipinski definition) is 4. The van der Waals surface area contributed by atoms with E-state index in [1.807, 2.05) is 0 Å². The largest absolute Gasteiger partial charge is 0.477 e. The van der Waals surface area contributed by atoms with Gasteiger partial charge in [-0.05, 0) is 41.5 Å². The number of carboxylic acids is 1. The van der Waals surface area contributed by atoms with Crippen LogP contribution in [0.1, 0.15) is 10.4 Å². The molecule has 31 heavy (non-hydrogen) atoms. The first-order chi connectivity index (χ1) is 14.8. The molecule has 0 saturated heterocycles. The van der Waals surface area contributed by atoms with Crippen molar-refractivity contribution in [1.29, 1.82) is 0 Å². The Morgan fingerprint density at radius 3 is 2.29 bits per heavy atom. The van der Waals surface area contributed by atoms with Gasteiger partial charge in [0.25, 0.3) is 0 Å². The number of hydrogen-bond donors (Lipinski definition) is 2. The van der Waals surface area contributed by atoms with Crippen LogP contribution in [-0.4, -0.2) is 41.8 Å². The summed E-state index contributed by atoms with van der Waals surface area (Å²) in [6.45, 7) is 2.03. The summed E-state index contributed by atoms with van der Waals surface area (Å²) >= 11 is 0. The van der Waals surface area contributed by atoms with Crippen LogP contribution in [0.15, 0.2) is 52.5 Å². The van der Waals surface area contributed by atoms with E-state index in [2.05, 4.69) is 5.32 Å². The van der Waals surface area contributed by atoms with Crippen molar-refractivity contribution in [2.24, 2.45) is 0 Å². The summed E-state index contributed by atoms with van der Waals surface area (Å²) in [6.07, 6.45) is 0.983. The van der Waals surface area contributed by atoms with E-state index in [4.69, 9.17) is 0 Å². The van der Waals surface area contributed by atoms with Crippen LogP contribution in [0.25, 0.3) is 16.6 Å². The van der Waals surface area contributed by atoms with Gasteiger partial charge in [0.05, 0.1) is 10.9 Å². The maximum Gasteiger partial charge on any atom is 0.341 e. The molecule has 0 radical (unpaired) electrons. The average Bonchev–Trinajstić information content (AvgIpc) is 3.31. The van der Waals surface area contributed by atoms with Gasteiger partial charge in [-0.2, -0.15) is 0 Å². The first-order valence-electron chi connectivity index (χ1n) is 9.57. The Balaban J connectivity index is 1.78. The van der Waals surface area contributed by atoms with Crippen LogP contribution in [0.5, 0.6) is 0 Å². The second kappa shape index (κ2) is 6.98. The molecule has 158 valence electrons. The summed E-state index contributed by atoms with van der Waals surface area (Å²) in [7, 11) is 0. The summed E-state index contributed by atoms with van der Waals surface area (Å²) in [5.74, 6) is -3.97. The second-order valence-corrected chi connectivity index (χ2v) is 7.61. The van der Waals surface area contributed by atoms with Crippen LogP contribution >= 0.6 is 0 Å². The number of nitrogens with one attached hydrogen (secondary N) is 1. The summed E-state index contributed by atoms with van der Waals surface area (Å²) in [4.78, 5) is 25.8. The SMILES string of the molecule is O=C(O)c1cn(-c2ccc(F)cc2)c2c(F)c(N3CC4=C(CNC4)C3)c(F)cc2c1=O. The summed E-state index contributed by atoms with van der Waals surface area (Å²) in [5.41, 5.74) is 0.222. The molecule has 2 aromatic carbocycles. The van der Waals surface area contributed by atoms with Crippen molar-refractivity contribution in [3.8, 4) is 5.69 Å². The summed E-state index contributed by atoms with van der Waals surface area (Å²) in [6, 6.07) is 5.79. The van der Waals surface area contributed by atoms with Gasteiger partial charge >= 0.3 is 5.97 Å². The van der Waals surface area contributed by atoms with Gasteiger partial charge in [-0.1, -0.05) is 0 Å². The molecule has 0 saturated carbocycles. The number of halogens is 3. The molecule has 0 unspecified atom stereocenters. The van der Waals surface area contributed by atoms with Crippen molar-refractivity contribution in [2.75, 3.05) is 31.1 Å². The number of fused-ring (bicyclic) bond motifs is 1. The van der Waals surface area contributed by atoms with Crippen LogP contribution in [0.2, 0.25) is 0 Å². The van der Waals surface area contributed by atoms with Gasteiger partial charge < -0.3 is 19.9 Å². The van der Waals surface area contributed by atoms with Crippen LogP contribution < -0.4 is 15.6 Å². The molecule has 2 aliphatic heterocycles. The van der Waals surface area contributed by atoms with Gasteiger partial charge in [0.1, 0.15) is 22.9 Å². The number of carbonyl (C=O) groups is 1. The number of anilines is 1. The molecule has 0 spiro atoms. The topological polar surface area (TPSA) is 74.6 Å². The highest BCUT2D eigenvalue weighted by molar-refractivity contribution is 5.94. The molecule has 3 aromatic rings. The van der Waals surface area contributed by atoms with Crippen molar-refractivity contribution in [3.63, 3.8) is 0 Å². The van der Waals surface area contributed by atoms with E-state index in [9.17, 15) is 19.1 Å². The maximum absolute atomic E-state index is 15.8. The fourth-order valence-corrected chi connectivity index (χ4v) is 4.28. The second-order valence-electron chi connectivity index (χ2n) is 7.61. The number of aromatic carboxylic acids is 1. The first-order valence-corrected chi connectivity index (χ1v) is 9.57. The lowest BCUT2D eigenvalue weighted by Gasteiger charge is -2.23. The van der Waals surface area contributed by atoms with Gasteiger partial charge in [-0.3, -0.25) is 4.79 Å². The normalized spacial score (nSPS) is 15.8. The Labute approximate surface area is 173 Å². The fraction of sp³-hybridized carbons (Fsp3) is 0.182. The standard InChI is InChI=1S/C22H16F3N3O3/c23-13-1-3-14(4-2-13)28-10-16(22(30)31)21(29)15-5-17(24)20(18(25)19(15)28)27-8-11-6-26-7-12(11)9-27/h1-5,10,26H,6-9H2,(H,30,31). The highest BCUT2D eigenvalue weighted by atomic mass is 19.1. The summed E-state index contributed by atoms with van der Waals surface area (Å²) in [5, 5.41) is 12.2. The van der Waals surface area contributed by atoms with E-state index in [-0.39, 0.29) is 16.9 Å². The van der Waals surface area contributed by atoms with Crippen molar-refractivity contribution >= 4 is 22.6 Å². The van der Waals surface area contributed by atoms with E-state index in [1.54, 1.807) is 4.90 Å². The average molecular weight is 427 g/mol. The van der Waals surface area contributed by atoms with Crippen molar-refractivity contribution in [1.82, 2.24) is 9.88 Å². The molecule has 5 rings (SSSR count). The zero-order valence-corrected chi connectivity index (χ0v) is 16.1. The van der Waals surface area contributed by atoms with Crippen molar-refractivity contribution < 1.29 is 23.1 Å². The number of nitrogens with zero attached hydrogens (tertiary/aromatic N) is 2. The minimum atomic E-state index is -1.53. The van der Waals surface area contributed by atoms with Crippen LogP contribution in [0.4, 0.5) is 18.9 Å². The minimum Gasteiger partial charge on any atom is -0.477 e. The number of benzene rings is 2. The third-order valence-electron chi connectivity index (χ3n) is 5.75. The van der Waals surface area contributed by atoms with E-state index >= 15 is 8.78 Å². The monoisotopic (exact) mass is 427 g/mol. The number of aromatic nitrogens is 1. The Morgan fingerprint density at radius 1 is 1.03 bits per heavy atom. The lowest BCUT2D eigenvalue weighted by Crippen LogP contribution is -2.29. The first kappa shape index (κ1) is 19.4. The predicted octanol–water partition coefficient (Wildman–Crippen LogP) is 2.83. The Morgan fingerprint density at radius 2 is 1.68 bits per heavy atom. The molecule has 9 heteroatoms. The van der Waals surface area contributed by atoms with Gasteiger partial charge in [0.2, 0.25) is 5.43 Å². The quantitative estimate of drug-likeness (QED) is 0.629. The number of carboxylic acid groups (broad SMARTS) is 1. The smallest absolute Gasteiger partial charge is 0.341 e. The van der Waals surface area contributed by atoms with Crippen LogP contribution in [0, 0.1) is 17.5 Å². The Kier molecular flexibility index (Phi) is 4.37. The number of rotatable bonds is 3.